The van der Waals surface area contributed by atoms with Crippen LogP contribution in [0.2, 0.25) is 0 Å². The van der Waals surface area contributed by atoms with Crippen LogP contribution in [0.15, 0.2) is 48.7 Å². The van der Waals surface area contributed by atoms with E-state index >= 15 is 0 Å². The number of ether oxygens (including phenoxy) is 1. The van der Waals surface area contributed by atoms with E-state index in [9.17, 15) is 4.79 Å². The second-order valence-corrected chi connectivity index (χ2v) is 6.67. The maximum absolute atomic E-state index is 12.4. The van der Waals surface area contributed by atoms with Crippen molar-refractivity contribution in [1.29, 1.82) is 0 Å². The number of rotatable bonds is 7. The predicted molar refractivity (Wildman–Crippen MR) is 102 cm³/mol. The highest BCUT2D eigenvalue weighted by atomic mass is 16.5. The van der Waals surface area contributed by atoms with Gasteiger partial charge in [0.15, 0.2) is 0 Å². The van der Waals surface area contributed by atoms with E-state index in [0.29, 0.717) is 13.2 Å². The highest BCUT2D eigenvalue weighted by Crippen LogP contribution is 2.21. The Hall–Kier alpha value is -2.40. The molecule has 138 valence electrons. The second-order valence-electron chi connectivity index (χ2n) is 6.67. The normalized spacial score (nSPS) is 15.6. The van der Waals surface area contributed by atoms with E-state index in [1.165, 1.54) is 5.56 Å². The lowest BCUT2D eigenvalue weighted by Gasteiger charge is -2.31. The van der Waals surface area contributed by atoms with Crippen molar-refractivity contribution in [3.05, 3.63) is 59.9 Å². The molecule has 1 saturated heterocycles. The molecule has 0 spiro atoms. The zero-order valence-electron chi connectivity index (χ0n) is 15.4. The summed E-state index contributed by atoms with van der Waals surface area (Å²) in [6.45, 7) is 5.98. The van der Waals surface area contributed by atoms with Gasteiger partial charge in [-0.2, -0.15) is 0 Å². The minimum absolute atomic E-state index is 0.102. The molecular weight excluding hydrogens is 326 g/mol. The average Bonchev–Trinajstić information content (AvgIpc) is 2.68. The smallest absolute Gasteiger partial charge is 0.223 e. The van der Waals surface area contributed by atoms with Gasteiger partial charge in [0.1, 0.15) is 5.75 Å². The maximum Gasteiger partial charge on any atom is 0.223 e. The van der Waals surface area contributed by atoms with Crippen LogP contribution < -0.4 is 10.1 Å². The van der Waals surface area contributed by atoms with Crippen molar-refractivity contribution in [3.8, 4) is 5.75 Å². The van der Waals surface area contributed by atoms with Gasteiger partial charge in [-0.3, -0.25) is 14.7 Å². The summed E-state index contributed by atoms with van der Waals surface area (Å²) in [5, 5.41) is 3.02. The molecule has 0 unspecified atom stereocenters. The lowest BCUT2D eigenvalue weighted by Crippen LogP contribution is -2.40. The molecule has 26 heavy (non-hydrogen) atoms. The fourth-order valence-corrected chi connectivity index (χ4v) is 3.34. The van der Waals surface area contributed by atoms with Crippen LogP contribution in [0, 0.1) is 5.92 Å². The van der Waals surface area contributed by atoms with E-state index in [4.69, 9.17) is 4.74 Å². The zero-order chi connectivity index (χ0) is 18.2. The molecule has 3 rings (SSSR count). The van der Waals surface area contributed by atoms with Crippen molar-refractivity contribution in [3.63, 3.8) is 0 Å². The Morgan fingerprint density at radius 3 is 2.81 bits per heavy atom. The molecule has 1 aromatic heterocycles. The summed E-state index contributed by atoms with van der Waals surface area (Å²) in [7, 11) is 0. The minimum Gasteiger partial charge on any atom is -0.494 e. The molecule has 0 saturated carbocycles. The highest BCUT2D eigenvalue weighted by Gasteiger charge is 2.24. The zero-order valence-corrected chi connectivity index (χ0v) is 15.4. The Labute approximate surface area is 155 Å². The Bertz CT molecular complexity index is 697. The number of likely N-dealkylation sites (tertiary alicyclic amines) is 1. The molecular formula is C21H27N3O2. The Morgan fingerprint density at radius 2 is 2.08 bits per heavy atom. The van der Waals surface area contributed by atoms with Crippen LogP contribution in [0.5, 0.6) is 5.75 Å². The summed E-state index contributed by atoms with van der Waals surface area (Å²) < 4.78 is 5.57. The van der Waals surface area contributed by atoms with Crippen molar-refractivity contribution >= 4 is 5.91 Å². The number of benzene rings is 1. The largest absolute Gasteiger partial charge is 0.494 e. The molecule has 1 N–H and O–H groups in total. The fraction of sp³-hybridized carbons (Fsp3) is 0.429. The third-order valence-corrected chi connectivity index (χ3v) is 4.74. The summed E-state index contributed by atoms with van der Waals surface area (Å²) in [5.74, 6) is 1.17. The number of hydrogen-bond donors (Lipinski definition) is 1. The number of nitrogens with zero attached hydrogens (tertiary/aromatic N) is 2. The summed E-state index contributed by atoms with van der Waals surface area (Å²) in [5.41, 5.74) is 2.15. The van der Waals surface area contributed by atoms with E-state index in [0.717, 1.165) is 43.9 Å². The third kappa shape index (κ3) is 5.30. The first kappa shape index (κ1) is 18.4. The first-order chi connectivity index (χ1) is 12.7. The molecule has 0 radical (unpaired) electrons. The van der Waals surface area contributed by atoms with Crippen LogP contribution in [-0.4, -0.2) is 35.5 Å². The van der Waals surface area contributed by atoms with Gasteiger partial charge in [0.25, 0.3) is 0 Å². The van der Waals surface area contributed by atoms with Crippen molar-refractivity contribution < 1.29 is 9.53 Å². The van der Waals surface area contributed by atoms with E-state index < -0.39 is 0 Å². The van der Waals surface area contributed by atoms with Crippen LogP contribution in [0.1, 0.15) is 31.0 Å². The molecule has 2 aromatic rings. The molecule has 2 heterocycles. The molecule has 0 atom stereocenters. The maximum atomic E-state index is 12.4. The first-order valence-corrected chi connectivity index (χ1v) is 9.36. The molecule has 1 fully saturated rings. The number of amides is 1. The number of aromatic nitrogens is 1. The van der Waals surface area contributed by atoms with Gasteiger partial charge in [-0.25, -0.2) is 0 Å². The van der Waals surface area contributed by atoms with Gasteiger partial charge in [0.2, 0.25) is 5.91 Å². The summed E-state index contributed by atoms with van der Waals surface area (Å²) in [6.07, 6.45) is 3.55. The molecule has 0 aliphatic carbocycles. The Morgan fingerprint density at radius 1 is 1.23 bits per heavy atom. The topological polar surface area (TPSA) is 54.5 Å². The van der Waals surface area contributed by atoms with Crippen molar-refractivity contribution in [2.24, 2.45) is 5.92 Å². The van der Waals surface area contributed by atoms with Crippen molar-refractivity contribution in [2.45, 2.75) is 32.9 Å². The van der Waals surface area contributed by atoms with Crippen molar-refractivity contribution in [1.82, 2.24) is 15.2 Å². The fourth-order valence-electron chi connectivity index (χ4n) is 3.34. The number of hydrogen-bond acceptors (Lipinski definition) is 4. The molecule has 5 heteroatoms. The summed E-state index contributed by atoms with van der Waals surface area (Å²) >= 11 is 0. The van der Waals surface area contributed by atoms with Crippen molar-refractivity contribution in [2.75, 3.05) is 19.7 Å². The number of carbonyl (C=O) groups is 1. The van der Waals surface area contributed by atoms with Crippen LogP contribution in [0.3, 0.4) is 0 Å². The highest BCUT2D eigenvalue weighted by molar-refractivity contribution is 5.78. The third-order valence-electron chi connectivity index (χ3n) is 4.74. The number of piperidine rings is 1. The Balaban J connectivity index is 1.43. The van der Waals surface area contributed by atoms with E-state index in [1.54, 1.807) is 6.20 Å². The van der Waals surface area contributed by atoms with Crippen LogP contribution >= 0.6 is 0 Å². The Kier molecular flexibility index (Phi) is 6.61. The van der Waals surface area contributed by atoms with Gasteiger partial charge in [-0.05, 0) is 62.7 Å². The van der Waals surface area contributed by atoms with Gasteiger partial charge in [-0.1, -0.05) is 18.2 Å². The number of nitrogens with one attached hydrogen (secondary N) is 1. The molecule has 5 nitrogen and oxygen atoms in total. The van der Waals surface area contributed by atoms with Gasteiger partial charge < -0.3 is 10.1 Å². The molecule has 1 amide bonds. The van der Waals surface area contributed by atoms with E-state index in [2.05, 4.69) is 27.3 Å². The first-order valence-electron chi connectivity index (χ1n) is 9.36. The lowest BCUT2D eigenvalue weighted by atomic mass is 9.95. The van der Waals surface area contributed by atoms with Gasteiger partial charge in [0.05, 0.1) is 18.8 Å². The predicted octanol–water partition coefficient (Wildman–Crippen LogP) is 3.01. The number of pyridine rings is 1. The van der Waals surface area contributed by atoms with E-state index in [-0.39, 0.29) is 11.8 Å². The monoisotopic (exact) mass is 353 g/mol. The quantitative estimate of drug-likeness (QED) is 0.831. The van der Waals surface area contributed by atoms with E-state index in [1.807, 2.05) is 37.3 Å². The van der Waals surface area contributed by atoms with Crippen LogP contribution in [0.4, 0.5) is 0 Å². The van der Waals surface area contributed by atoms with Gasteiger partial charge in [-0.15, -0.1) is 0 Å². The van der Waals surface area contributed by atoms with Gasteiger partial charge >= 0.3 is 0 Å². The van der Waals surface area contributed by atoms with Crippen LogP contribution in [-0.2, 0) is 17.9 Å². The van der Waals surface area contributed by atoms with Crippen LogP contribution in [0.25, 0.3) is 0 Å². The molecule has 1 aliphatic rings. The standard InChI is InChI=1S/C21H27N3O2/c1-2-26-20-8-5-6-17(14-20)16-24-12-9-18(10-13-24)21(25)23-15-19-7-3-4-11-22-19/h3-8,11,14,18H,2,9-10,12-13,15-16H2,1H3,(H,23,25). The van der Waals surface area contributed by atoms with Gasteiger partial charge in [0, 0.05) is 18.7 Å². The molecule has 1 aromatic carbocycles. The molecule has 0 bridgehead atoms. The summed E-state index contributed by atoms with van der Waals surface area (Å²) in [4.78, 5) is 19.0. The summed E-state index contributed by atoms with van der Waals surface area (Å²) in [6, 6.07) is 14.0. The SMILES string of the molecule is CCOc1cccc(CN2CCC(C(=O)NCc3ccccn3)CC2)c1. The minimum atomic E-state index is 0.102. The lowest BCUT2D eigenvalue weighted by molar-refractivity contribution is -0.126. The second kappa shape index (κ2) is 9.34. The average molecular weight is 353 g/mol. The molecule has 1 aliphatic heterocycles. The number of carbonyl (C=O) groups excluding carboxylic acids is 1.